The molecule has 0 radical (unpaired) electrons. The molecule has 5 heteroatoms. The number of benzene rings is 1. The molecule has 0 spiro atoms. The molecule has 1 atom stereocenters. The van der Waals surface area contributed by atoms with Gasteiger partial charge < -0.3 is 20.1 Å². The molecular formula is C15H24N2O3. The first-order valence-electron chi connectivity index (χ1n) is 6.62. The zero-order chi connectivity index (χ0) is 15.2. The highest BCUT2D eigenvalue weighted by molar-refractivity contribution is 5.77. The van der Waals surface area contributed by atoms with Crippen LogP contribution in [0.15, 0.2) is 24.3 Å². The Morgan fingerprint density at radius 3 is 2.50 bits per heavy atom. The van der Waals surface area contributed by atoms with Crippen molar-refractivity contribution in [3.8, 4) is 5.75 Å². The Kier molecular flexibility index (Phi) is 5.98. The number of ether oxygens (including phenoxy) is 1. The summed E-state index contributed by atoms with van der Waals surface area (Å²) < 4.78 is 5.37. The van der Waals surface area contributed by atoms with Gasteiger partial charge in [-0.2, -0.15) is 0 Å². The van der Waals surface area contributed by atoms with E-state index in [0.29, 0.717) is 12.3 Å². The average molecular weight is 280 g/mol. The zero-order valence-electron chi connectivity index (χ0n) is 12.6. The molecule has 1 unspecified atom stereocenters. The van der Waals surface area contributed by atoms with Crippen LogP contribution in [0.5, 0.6) is 5.75 Å². The van der Waals surface area contributed by atoms with Crippen molar-refractivity contribution < 1.29 is 14.6 Å². The summed E-state index contributed by atoms with van der Waals surface area (Å²) in [6.07, 6.45) is 0. The van der Waals surface area contributed by atoms with E-state index in [1.807, 2.05) is 50.2 Å². The molecule has 0 fully saturated rings. The summed E-state index contributed by atoms with van der Waals surface area (Å²) in [7, 11) is 3.74. The van der Waals surface area contributed by atoms with Gasteiger partial charge in [0.25, 0.3) is 5.91 Å². The van der Waals surface area contributed by atoms with Gasteiger partial charge in [0.15, 0.2) is 6.61 Å². The maximum absolute atomic E-state index is 11.7. The van der Waals surface area contributed by atoms with Crippen LogP contribution in [0.25, 0.3) is 0 Å². The minimum absolute atomic E-state index is 0.0545. The van der Waals surface area contributed by atoms with Gasteiger partial charge in [-0.05, 0) is 40.1 Å². The van der Waals surface area contributed by atoms with Gasteiger partial charge in [0.2, 0.25) is 0 Å². The molecule has 0 aliphatic heterocycles. The van der Waals surface area contributed by atoms with Crippen molar-refractivity contribution >= 4 is 5.91 Å². The van der Waals surface area contributed by atoms with Gasteiger partial charge >= 0.3 is 0 Å². The Labute approximate surface area is 120 Å². The first-order valence-corrected chi connectivity index (χ1v) is 6.62. The third-order valence-electron chi connectivity index (χ3n) is 2.71. The van der Waals surface area contributed by atoms with Crippen LogP contribution in [0.2, 0.25) is 0 Å². The molecule has 0 bridgehead atoms. The molecule has 0 saturated heterocycles. The monoisotopic (exact) mass is 280 g/mol. The predicted octanol–water partition coefficient (Wildman–Crippen LogP) is 0.803. The number of aryl methyl sites for hydroxylation is 1. The lowest BCUT2D eigenvalue weighted by Gasteiger charge is -2.27. The van der Waals surface area contributed by atoms with Gasteiger partial charge in [0.1, 0.15) is 5.75 Å². The van der Waals surface area contributed by atoms with E-state index < -0.39 is 5.60 Å². The number of aliphatic hydroxyl groups is 1. The molecule has 5 nitrogen and oxygen atoms in total. The van der Waals surface area contributed by atoms with E-state index in [1.54, 1.807) is 6.92 Å². The highest BCUT2D eigenvalue weighted by Gasteiger charge is 2.22. The first-order chi connectivity index (χ1) is 9.28. The molecule has 1 aromatic carbocycles. The Morgan fingerprint density at radius 2 is 1.95 bits per heavy atom. The molecule has 20 heavy (non-hydrogen) atoms. The quantitative estimate of drug-likeness (QED) is 0.775. The normalized spacial score (nSPS) is 13.9. The van der Waals surface area contributed by atoms with Crippen LogP contribution in [0.4, 0.5) is 0 Å². The Morgan fingerprint density at radius 1 is 1.35 bits per heavy atom. The van der Waals surface area contributed by atoms with Gasteiger partial charge in [-0.1, -0.05) is 17.7 Å². The van der Waals surface area contributed by atoms with Crippen LogP contribution < -0.4 is 10.1 Å². The van der Waals surface area contributed by atoms with Crippen molar-refractivity contribution in [3.63, 3.8) is 0 Å². The second-order valence-corrected chi connectivity index (χ2v) is 5.61. The molecule has 0 heterocycles. The summed E-state index contributed by atoms with van der Waals surface area (Å²) in [5, 5.41) is 12.7. The number of nitrogens with one attached hydrogen (secondary N) is 1. The van der Waals surface area contributed by atoms with Gasteiger partial charge in [-0.25, -0.2) is 0 Å². The summed E-state index contributed by atoms with van der Waals surface area (Å²) in [6, 6.07) is 7.50. The number of rotatable bonds is 7. The van der Waals surface area contributed by atoms with E-state index in [9.17, 15) is 9.90 Å². The summed E-state index contributed by atoms with van der Waals surface area (Å²) in [5.74, 6) is 0.412. The molecule has 112 valence electrons. The fraction of sp³-hybridized carbons (Fsp3) is 0.533. The molecular weight excluding hydrogens is 256 g/mol. The number of nitrogens with zero attached hydrogens (tertiary/aromatic N) is 1. The highest BCUT2D eigenvalue weighted by atomic mass is 16.5. The largest absolute Gasteiger partial charge is 0.484 e. The minimum Gasteiger partial charge on any atom is -0.484 e. The summed E-state index contributed by atoms with van der Waals surface area (Å²) in [5.41, 5.74) is 0.185. The van der Waals surface area contributed by atoms with Crippen molar-refractivity contribution in [3.05, 3.63) is 29.8 Å². The maximum Gasteiger partial charge on any atom is 0.258 e. The SMILES string of the molecule is Cc1ccc(OCC(=O)NCC(C)(O)CN(C)C)cc1. The molecule has 0 saturated carbocycles. The van der Waals surface area contributed by atoms with E-state index >= 15 is 0 Å². The average Bonchev–Trinajstić information content (AvgIpc) is 2.34. The smallest absolute Gasteiger partial charge is 0.258 e. The van der Waals surface area contributed by atoms with Crippen LogP contribution in [0, 0.1) is 6.92 Å². The molecule has 1 aromatic rings. The Balaban J connectivity index is 2.32. The van der Waals surface area contributed by atoms with Gasteiger partial charge in [0, 0.05) is 13.1 Å². The first kappa shape index (κ1) is 16.5. The lowest BCUT2D eigenvalue weighted by atomic mass is 10.1. The van der Waals surface area contributed by atoms with Crippen LogP contribution >= 0.6 is 0 Å². The zero-order valence-corrected chi connectivity index (χ0v) is 12.6. The standard InChI is InChI=1S/C15H24N2O3/c1-12-5-7-13(8-6-12)20-9-14(18)16-10-15(2,19)11-17(3)4/h5-8,19H,9-11H2,1-4H3,(H,16,18). The molecule has 2 N–H and O–H groups in total. The van der Waals surface area contributed by atoms with Crippen LogP contribution in [-0.4, -0.2) is 55.3 Å². The van der Waals surface area contributed by atoms with Crippen LogP contribution in [0.3, 0.4) is 0 Å². The van der Waals surface area contributed by atoms with Crippen molar-refractivity contribution in [2.24, 2.45) is 0 Å². The molecule has 0 aliphatic carbocycles. The van der Waals surface area contributed by atoms with Crippen molar-refractivity contribution in [1.29, 1.82) is 0 Å². The van der Waals surface area contributed by atoms with Gasteiger partial charge in [-0.15, -0.1) is 0 Å². The molecule has 1 amide bonds. The molecule has 0 aromatic heterocycles. The molecule has 0 aliphatic rings. The number of amides is 1. The molecule has 1 rings (SSSR count). The fourth-order valence-electron chi connectivity index (χ4n) is 1.86. The Bertz CT molecular complexity index is 427. The van der Waals surface area contributed by atoms with Crippen molar-refractivity contribution in [2.75, 3.05) is 33.8 Å². The number of hydrogen-bond donors (Lipinski definition) is 2. The Hall–Kier alpha value is -1.59. The summed E-state index contributed by atoms with van der Waals surface area (Å²) in [4.78, 5) is 13.5. The lowest BCUT2D eigenvalue weighted by molar-refractivity contribution is -0.124. The third-order valence-corrected chi connectivity index (χ3v) is 2.71. The van der Waals surface area contributed by atoms with E-state index in [-0.39, 0.29) is 19.1 Å². The van der Waals surface area contributed by atoms with E-state index in [2.05, 4.69) is 5.32 Å². The lowest BCUT2D eigenvalue weighted by Crippen LogP contribution is -2.47. The van der Waals surface area contributed by atoms with Crippen molar-refractivity contribution in [1.82, 2.24) is 10.2 Å². The minimum atomic E-state index is -0.955. The van der Waals surface area contributed by atoms with Gasteiger partial charge in [0.05, 0.1) is 5.60 Å². The number of likely N-dealkylation sites (N-methyl/N-ethyl adjacent to an activating group) is 1. The highest BCUT2D eigenvalue weighted by Crippen LogP contribution is 2.11. The second kappa shape index (κ2) is 7.26. The van der Waals surface area contributed by atoms with E-state index in [1.165, 1.54) is 0 Å². The van der Waals surface area contributed by atoms with Crippen molar-refractivity contribution in [2.45, 2.75) is 19.4 Å². The number of carbonyl (C=O) groups excluding carboxylic acids is 1. The topological polar surface area (TPSA) is 61.8 Å². The predicted molar refractivity (Wildman–Crippen MR) is 78.9 cm³/mol. The fourth-order valence-corrected chi connectivity index (χ4v) is 1.86. The van der Waals surface area contributed by atoms with Crippen LogP contribution in [0.1, 0.15) is 12.5 Å². The number of hydrogen-bond acceptors (Lipinski definition) is 4. The van der Waals surface area contributed by atoms with E-state index in [4.69, 9.17) is 4.74 Å². The van der Waals surface area contributed by atoms with Gasteiger partial charge in [-0.3, -0.25) is 4.79 Å². The summed E-state index contributed by atoms with van der Waals surface area (Å²) >= 11 is 0. The van der Waals surface area contributed by atoms with Crippen LogP contribution in [-0.2, 0) is 4.79 Å². The van der Waals surface area contributed by atoms with E-state index in [0.717, 1.165) is 5.56 Å². The maximum atomic E-state index is 11.7. The second-order valence-electron chi connectivity index (χ2n) is 5.61. The number of carbonyl (C=O) groups is 1. The third kappa shape index (κ3) is 6.54. The summed E-state index contributed by atoms with van der Waals surface area (Å²) in [6.45, 7) is 4.30.